The minimum absolute atomic E-state index is 0.0773. The molecule has 4 aromatic rings. The molecular formula is C29H20Br2N2O3. The van der Waals surface area contributed by atoms with Crippen molar-refractivity contribution in [3.8, 4) is 11.5 Å². The molecule has 0 aliphatic carbocycles. The highest BCUT2D eigenvalue weighted by atomic mass is 79.9. The number of hydrogen-bond donors (Lipinski definition) is 0. The van der Waals surface area contributed by atoms with Gasteiger partial charge in [0.2, 0.25) is 6.23 Å². The Morgan fingerprint density at radius 1 is 0.861 bits per heavy atom. The van der Waals surface area contributed by atoms with Gasteiger partial charge >= 0.3 is 5.97 Å². The molecule has 4 aromatic carbocycles. The summed E-state index contributed by atoms with van der Waals surface area (Å²) < 4.78 is 13.9. The summed E-state index contributed by atoms with van der Waals surface area (Å²) in [4.78, 5) is 12.5. The molecule has 6 rings (SSSR count). The zero-order chi connectivity index (χ0) is 24.6. The van der Waals surface area contributed by atoms with E-state index in [1.807, 2.05) is 59.6 Å². The molecule has 178 valence electrons. The summed E-state index contributed by atoms with van der Waals surface area (Å²) in [5.74, 6) is 0.933. The van der Waals surface area contributed by atoms with Gasteiger partial charge in [0.15, 0.2) is 0 Å². The van der Waals surface area contributed by atoms with Crippen LogP contribution in [0.5, 0.6) is 11.5 Å². The molecule has 0 fully saturated rings. The highest BCUT2D eigenvalue weighted by Crippen LogP contribution is 2.47. The second kappa shape index (κ2) is 9.56. The first-order valence-electron chi connectivity index (χ1n) is 11.5. The molecule has 36 heavy (non-hydrogen) atoms. The van der Waals surface area contributed by atoms with E-state index < -0.39 is 12.2 Å². The number of para-hydroxylation sites is 1. The molecule has 0 spiro atoms. The van der Waals surface area contributed by atoms with Crippen LogP contribution in [0.4, 0.5) is 0 Å². The molecule has 7 heteroatoms. The Hall–Kier alpha value is -3.42. The van der Waals surface area contributed by atoms with Gasteiger partial charge in [0.25, 0.3) is 0 Å². The molecule has 5 nitrogen and oxygen atoms in total. The van der Waals surface area contributed by atoms with Crippen molar-refractivity contribution in [1.29, 1.82) is 0 Å². The number of nitrogens with zero attached hydrogens (tertiary/aromatic N) is 2. The van der Waals surface area contributed by atoms with Gasteiger partial charge in [-0.2, -0.15) is 5.10 Å². The molecular weight excluding hydrogens is 584 g/mol. The lowest BCUT2D eigenvalue weighted by Gasteiger charge is -2.38. The number of ether oxygens (including phenoxy) is 2. The molecule has 0 bridgehead atoms. The van der Waals surface area contributed by atoms with Crippen molar-refractivity contribution in [3.63, 3.8) is 0 Å². The average Bonchev–Trinajstić information content (AvgIpc) is 3.35. The van der Waals surface area contributed by atoms with E-state index >= 15 is 0 Å². The molecule has 2 atom stereocenters. The lowest BCUT2D eigenvalue weighted by atomic mass is 9.96. The molecule has 0 saturated carbocycles. The van der Waals surface area contributed by atoms with Crippen LogP contribution in [-0.4, -0.2) is 16.7 Å². The van der Waals surface area contributed by atoms with Crippen LogP contribution in [-0.2, 0) is 0 Å². The van der Waals surface area contributed by atoms with Gasteiger partial charge in [-0.15, -0.1) is 0 Å². The van der Waals surface area contributed by atoms with Gasteiger partial charge in [0.1, 0.15) is 11.5 Å². The maximum Gasteiger partial charge on any atom is 0.343 e. The molecule has 0 aromatic heterocycles. The number of carbonyl (C=O) groups excluding carboxylic acids is 1. The Labute approximate surface area is 225 Å². The molecule has 2 heterocycles. The van der Waals surface area contributed by atoms with E-state index in [2.05, 4.69) is 50.1 Å². The van der Waals surface area contributed by atoms with Crippen LogP contribution in [0.15, 0.2) is 111 Å². The lowest BCUT2D eigenvalue weighted by molar-refractivity contribution is -0.0190. The van der Waals surface area contributed by atoms with Gasteiger partial charge in [-0.05, 0) is 72.3 Å². The van der Waals surface area contributed by atoms with Gasteiger partial charge in [0.05, 0.1) is 17.3 Å². The van der Waals surface area contributed by atoms with Crippen molar-refractivity contribution >= 4 is 43.5 Å². The van der Waals surface area contributed by atoms with Crippen LogP contribution >= 0.6 is 31.9 Å². The maximum absolute atomic E-state index is 12.5. The number of hydrazone groups is 1. The average molecular weight is 604 g/mol. The van der Waals surface area contributed by atoms with Crippen LogP contribution < -0.4 is 9.47 Å². The summed E-state index contributed by atoms with van der Waals surface area (Å²) in [6, 6.07) is 30.9. The highest BCUT2D eigenvalue weighted by Gasteiger charge is 2.40. The molecule has 0 radical (unpaired) electrons. The topological polar surface area (TPSA) is 51.1 Å². The first kappa shape index (κ1) is 23.0. The minimum atomic E-state index is -0.401. The smallest absolute Gasteiger partial charge is 0.343 e. The van der Waals surface area contributed by atoms with Gasteiger partial charge in [-0.3, -0.25) is 0 Å². The fourth-order valence-corrected chi connectivity index (χ4v) is 5.05. The van der Waals surface area contributed by atoms with Crippen molar-refractivity contribution < 1.29 is 14.3 Å². The Balaban J connectivity index is 1.28. The molecule has 2 aliphatic heterocycles. The van der Waals surface area contributed by atoms with E-state index in [9.17, 15) is 4.79 Å². The molecule has 0 N–H and O–H groups in total. The number of rotatable bonds is 4. The molecule has 0 saturated heterocycles. The molecule has 0 unspecified atom stereocenters. The fourth-order valence-electron chi connectivity index (χ4n) is 4.52. The van der Waals surface area contributed by atoms with Crippen LogP contribution in [0.25, 0.3) is 0 Å². The highest BCUT2D eigenvalue weighted by molar-refractivity contribution is 9.10. The van der Waals surface area contributed by atoms with Crippen molar-refractivity contribution in [2.45, 2.75) is 18.7 Å². The summed E-state index contributed by atoms with van der Waals surface area (Å²) >= 11 is 6.89. The summed E-state index contributed by atoms with van der Waals surface area (Å²) in [7, 11) is 0. The largest absolute Gasteiger partial charge is 0.464 e. The number of esters is 1. The number of hydrogen-bond acceptors (Lipinski definition) is 5. The molecule has 2 aliphatic rings. The van der Waals surface area contributed by atoms with Crippen molar-refractivity contribution in [1.82, 2.24) is 5.01 Å². The normalized spacial score (nSPS) is 18.1. The van der Waals surface area contributed by atoms with Gasteiger partial charge < -0.3 is 9.47 Å². The summed E-state index contributed by atoms with van der Waals surface area (Å²) in [6.45, 7) is 0. The predicted octanol–water partition coefficient (Wildman–Crippen LogP) is 7.67. The van der Waals surface area contributed by atoms with Crippen LogP contribution in [0.2, 0.25) is 0 Å². The second-order valence-corrected chi connectivity index (χ2v) is 10.5. The van der Waals surface area contributed by atoms with Crippen molar-refractivity contribution in [2.24, 2.45) is 5.10 Å². The maximum atomic E-state index is 12.5. The van der Waals surface area contributed by atoms with E-state index in [1.54, 1.807) is 24.3 Å². The number of carbonyl (C=O) groups is 1. The standard InChI is InChI=1S/C29H20Br2N2O3/c30-21-11-5-18(6-12-21)25-17-26-24-3-1-2-4-27(24)36-28(33(26)32-25)19-9-15-23(16-10-19)35-29(34)20-7-13-22(31)14-8-20/h1-16,26,28H,17H2/t26-,28-/m0/s1. The lowest BCUT2D eigenvalue weighted by Crippen LogP contribution is -2.33. The first-order chi connectivity index (χ1) is 17.5. The number of benzene rings is 4. The fraction of sp³-hybridized carbons (Fsp3) is 0.103. The van der Waals surface area contributed by atoms with Crippen LogP contribution in [0, 0.1) is 0 Å². The molecule has 0 amide bonds. The van der Waals surface area contributed by atoms with Crippen LogP contribution in [0.1, 0.15) is 45.7 Å². The van der Waals surface area contributed by atoms with Gasteiger partial charge in [-0.1, -0.05) is 62.2 Å². The van der Waals surface area contributed by atoms with Crippen LogP contribution in [0.3, 0.4) is 0 Å². The monoisotopic (exact) mass is 602 g/mol. The Morgan fingerprint density at radius 3 is 2.25 bits per heavy atom. The summed E-state index contributed by atoms with van der Waals surface area (Å²) in [5.41, 5.74) is 4.67. The van der Waals surface area contributed by atoms with Gasteiger partial charge in [0, 0.05) is 26.5 Å². The zero-order valence-electron chi connectivity index (χ0n) is 19.0. The van der Waals surface area contributed by atoms with Crippen molar-refractivity contribution in [2.75, 3.05) is 0 Å². The zero-order valence-corrected chi connectivity index (χ0v) is 22.1. The van der Waals surface area contributed by atoms with E-state index in [4.69, 9.17) is 14.6 Å². The summed E-state index contributed by atoms with van der Waals surface area (Å²) in [5, 5.41) is 7.05. The van der Waals surface area contributed by atoms with E-state index in [-0.39, 0.29) is 6.04 Å². The predicted molar refractivity (Wildman–Crippen MR) is 145 cm³/mol. The Kier molecular flexibility index (Phi) is 6.11. The third kappa shape index (κ3) is 4.45. The quantitative estimate of drug-likeness (QED) is 0.177. The number of halogens is 2. The van der Waals surface area contributed by atoms with E-state index in [1.165, 1.54) is 0 Å². The number of fused-ring (bicyclic) bond motifs is 3. The first-order valence-corrected chi connectivity index (χ1v) is 13.1. The Bertz CT molecular complexity index is 1450. The van der Waals surface area contributed by atoms with E-state index in [0.717, 1.165) is 43.5 Å². The van der Waals surface area contributed by atoms with Gasteiger partial charge in [-0.25, -0.2) is 9.80 Å². The van der Waals surface area contributed by atoms with Crippen molar-refractivity contribution in [3.05, 3.63) is 128 Å². The SMILES string of the molecule is O=C(Oc1ccc([C@@H]2Oc3ccccc3[C@@H]3CC(c4ccc(Br)cc4)=NN32)cc1)c1ccc(Br)cc1. The summed E-state index contributed by atoms with van der Waals surface area (Å²) in [6.07, 6.45) is 0.399. The van der Waals surface area contributed by atoms with E-state index in [0.29, 0.717) is 11.3 Å². The Morgan fingerprint density at radius 2 is 1.53 bits per heavy atom. The second-order valence-electron chi connectivity index (χ2n) is 8.63. The minimum Gasteiger partial charge on any atom is -0.464 e. The third-order valence-corrected chi connectivity index (χ3v) is 7.39. The third-order valence-electron chi connectivity index (χ3n) is 6.33.